The van der Waals surface area contributed by atoms with Crippen molar-refractivity contribution < 1.29 is 14.3 Å². The number of amides is 3. The number of para-hydroxylation sites is 2. The Bertz CT molecular complexity index is 1350. The minimum atomic E-state index is -0.195. The predicted octanol–water partition coefficient (Wildman–Crippen LogP) is 5.61. The fourth-order valence-corrected chi connectivity index (χ4v) is 6.34. The number of urea groups is 1. The third kappa shape index (κ3) is 7.76. The number of hydrogen-bond acceptors (Lipinski definition) is 7. The number of thiazole rings is 1. The molecule has 3 aromatic rings. The molecule has 1 aliphatic carbocycles. The summed E-state index contributed by atoms with van der Waals surface area (Å²) in [6.07, 6.45) is 6.93. The van der Waals surface area contributed by atoms with Gasteiger partial charge in [-0.3, -0.25) is 15.0 Å². The Balaban J connectivity index is 1.24. The largest absolute Gasteiger partial charge is 0.379 e. The molecule has 9 nitrogen and oxygen atoms in total. The fraction of sp³-hybridized carbons (Fsp3) is 0.406. The molecule has 0 unspecified atom stereocenters. The van der Waals surface area contributed by atoms with Crippen LogP contribution in [0.15, 0.2) is 61.3 Å². The highest BCUT2D eigenvalue weighted by molar-refractivity contribution is 7.15. The van der Waals surface area contributed by atoms with Crippen LogP contribution < -0.4 is 15.5 Å². The second-order valence-corrected chi connectivity index (χ2v) is 11.8. The van der Waals surface area contributed by atoms with Gasteiger partial charge in [0.1, 0.15) is 0 Å². The quantitative estimate of drug-likeness (QED) is 0.303. The molecular formula is C32H40N6O3S. The first-order valence-corrected chi connectivity index (χ1v) is 15.5. The number of nitrogens with zero attached hydrogens (tertiary/aromatic N) is 4. The van der Waals surface area contributed by atoms with Crippen molar-refractivity contribution in [3.63, 3.8) is 0 Å². The van der Waals surface area contributed by atoms with Crippen LogP contribution in [0.2, 0.25) is 0 Å². The van der Waals surface area contributed by atoms with E-state index in [4.69, 9.17) is 9.72 Å². The zero-order valence-corrected chi connectivity index (χ0v) is 25.1. The summed E-state index contributed by atoms with van der Waals surface area (Å²) in [5.74, 6) is -0.195. The van der Waals surface area contributed by atoms with E-state index in [1.807, 2.05) is 65.4 Å². The summed E-state index contributed by atoms with van der Waals surface area (Å²) in [5, 5.41) is 6.75. The van der Waals surface area contributed by atoms with Crippen LogP contribution in [0, 0.1) is 0 Å². The molecule has 0 bridgehead atoms. The number of rotatable bonds is 11. The summed E-state index contributed by atoms with van der Waals surface area (Å²) in [6, 6.07) is 14.9. The van der Waals surface area contributed by atoms with Crippen molar-refractivity contribution in [2.24, 2.45) is 0 Å². The molecule has 42 heavy (non-hydrogen) atoms. The maximum absolute atomic E-state index is 13.5. The van der Waals surface area contributed by atoms with E-state index in [9.17, 15) is 9.59 Å². The SMILES string of the molecule is C=CN(C)c1ccccc1NC(=O)c1ccc(CN(CCCN2CCOCC2)C(=O)Nc2nc3c(s2)CCCC3)cc1. The Morgan fingerprint density at radius 2 is 1.83 bits per heavy atom. The Hall–Kier alpha value is -3.73. The van der Waals surface area contributed by atoms with Crippen LogP contribution in [-0.2, 0) is 24.1 Å². The number of aryl methyl sites for hydroxylation is 2. The molecule has 2 aromatic carbocycles. The summed E-state index contributed by atoms with van der Waals surface area (Å²) < 4.78 is 5.47. The van der Waals surface area contributed by atoms with Gasteiger partial charge in [0.2, 0.25) is 0 Å². The Labute approximate surface area is 252 Å². The van der Waals surface area contributed by atoms with Gasteiger partial charge in [-0.05, 0) is 68.1 Å². The molecule has 0 saturated carbocycles. The Kier molecular flexibility index (Phi) is 10.2. The third-order valence-electron chi connectivity index (χ3n) is 7.75. The van der Waals surface area contributed by atoms with Crippen molar-refractivity contribution >= 4 is 39.8 Å². The lowest BCUT2D eigenvalue weighted by Crippen LogP contribution is -2.40. The van der Waals surface area contributed by atoms with Crippen molar-refractivity contribution in [3.8, 4) is 0 Å². The number of aromatic nitrogens is 1. The number of carbonyl (C=O) groups is 2. The lowest BCUT2D eigenvalue weighted by Gasteiger charge is -2.28. The summed E-state index contributed by atoms with van der Waals surface area (Å²) in [7, 11) is 1.89. The second-order valence-electron chi connectivity index (χ2n) is 10.7. The zero-order valence-electron chi connectivity index (χ0n) is 24.3. The van der Waals surface area contributed by atoms with Crippen LogP contribution in [0.25, 0.3) is 0 Å². The minimum absolute atomic E-state index is 0.146. The monoisotopic (exact) mass is 588 g/mol. The predicted molar refractivity (Wildman–Crippen MR) is 169 cm³/mol. The Morgan fingerprint density at radius 3 is 2.60 bits per heavy atom. The summed E-state index contributed by atoms with van der Waals surface area (Å²) in [6.45, 7) is 9.15. The lowest BCUT2D eigenvalue weighted by molar-refractivity contribution is 0.0365. The molecule has 2 N–H and O–H groups in total. The highest BCUT2D eigenvalue weighted by atomic mass is 32.1. The Morgan fingerprint density at radius 1 is 1.07 bits per heavy atom. The molecule has 1 aliphatic heterocycles. The van der Waals surface area contributed by atoms with E-state index in [0.29, 0.717) is 29.5 Å². The van der Waals surface area contributed by atoms with Crippen LogP contribution in [0.3, 0.4) is 0 Å². The van der Waals surface area contributed by atoms with E-state index in [-0.39, 0.29) is 11.9 Å². The molecule has 5 rings (SSSR count). The van der Waals surface area contributed by atoms with E-state index in [1.54, 1.807) is 17.5 Å². The number of anilines is 3. The first kappa shape index (κ1) is 29.8. The molecule has 1 fully saturated rings. The maximum atomic E-state index is 13.5. The lowest BCUT2D eigenvalue weighted by atomic mass is 10.0. The molecule has 222 valence electrons. The number of morpholine rings is 1. The standard InChI is InChI=1S/C32H40N6O3S/c1-3-36(2)28-11-6-4-9-26(28)33-30(39)25-15-13-24(14-16-25)23-38(18-8-17-37-19-21-41-22-20-37)32(40)35-31-34-27-10-5-7-12-29(27)42-31/h3-4,6,9,11,13-16H,1,5,7-8,10,12,17-23H2,2H3,(H,33,39)(H,34,35,40). The van der Waals surface area contributed by atoms with Gasteiger partial charge >= 0.3 is 6.03 Å². The van der Waals surface area contributed by atoms with Crippen molar-refractivity contribution in [1.29, 1.82) is 0 Å². The van der Waals surface area contributed by atoms with Crippen LogP contribution >= 0.6 is 11.3 Å². The maximum Gasteiger partial charge on any atom is 0.323 e. The number of ether oxygens (including phenoxy) is 1. The van der Waals surface area contributed by atoms with E-state index in [2.05, 4.69) is 22.1 Å². The topological polar surface area (TPSA) is 90.0 Å². The highest BCUT2D eigenvalue weighted by Crippen LogP contribution is 2.30. The molecule has 1 aromatic heterocycles. The van der Waals surface area contributed by atoms with Crippen molar-refractivity contribution in [2.45, 2.75) is 38.6 Å². The van der Waals surface area contributed by atoms with E-state index < -0.39 is 0 Å². The molecule has 0 radical (unpaired) electrons. The van der Waals surface area contributed by atoms with Crippen LogP contribution in [0.1, 0.15) is 45.8 Å². The van der Waals surface area contributed by atoms with Gasteiger partial charge < -0.3 is 19.9 Å². The molecule has 2 heterocycles. The van der Waals surface area contributed by atoms with Gasteiger partial charge in [-0.15, -0.1) is 11.3 Å². The number of hydrogen-bond donors (Lipinski definition) is 2. The molecule has 10 heteroatoms. The van der Waals surface area contributed by atoms with Gasteiger partial charge in [-0.25, -0.2) is 9.78 Å². The van der Waals surface area contributed by atoms with Gasteiger partial charge in [0.25, 0.3) is 5.91 Å². The fourth-order valence-electron chi connectivity index (χ4n) is 5.30. The molecule has 2 aliphatic rings. The second kappa shape index (κ2) is 14.4. The van der Waals surface area contributed by atoms with E-state index in [1.165, 1.54) is 11.3 Å². The highest BCUT2D eigenvalue weighted by Gasteiger charge is 2.20. The minimum Gasteiger partial charge on any atom is -0.379 e. The molecule has 3 amide bonds. The summed E-state index contributed by atoms with van der Waals surface area (Å²) >= 11 is 1.60. The molecule has 1 saturated heterocycles. The average molecular weight is 589 g/mol. The average Bonchev–Trinajstić information content (AvgIpc) is 3.43. The van der Waals surface area contributed by atoms with Gasteiger partial charge in [0.05, 0.1) is 30.3 Å². The molecule has 0 atom stereocenters. The van der Waals surface area contributed by atoms with Gasteiger partial charge in [-0.2, -0.15) is 0 Å². The van der Waals surface area contributed by atoms with Gasteiger partial charge in [0.15, 0.2) is 5.13 Å². The number of nitrogens with one attached hydrogen (secondary N) is 2. The van der Waals surface area contributed by atoms with Gasteiger partial charge in [0, 0.05) is 50.2 Å². The van der Waals surface area contributed by atoms with Crippen LogP contribution in [0.4, 0.5) is 21.3 Å². The first-order chi connectivity index (χ1) is 20.5. The van der Waals surface area contributed by atoms with Gasteiger partial charge in [-0.1, -0.05) is 30.8 Å². The normalized spacial score (nSPS) is 15.0. The molecule has 0 spiro atoms. The zero-order chi connectivity index (χ0) is 29.3. The van der Waals surface area contributed by atoms with E-state index in [0.717, 1.165) is 75.5 Å². The number of benzene rings is 2. The first-order valence-electron chi connectivity index (χ1n) is 14.7. The number of fused-ring (bicyclic) bond motifs is 1. The smallest absolute Gasteiger partial charge is 0.323 e. The number of carbonyl (C=O) groups excluding carboxylic acids is 2. The summed E-state index contributed by atoms with van der Waals surface area (Å²) in [5.41, 5.74) is 4.20. The van der Waals surface area contributed by atoms with Crippen molar-refractivity contribution in [2.75, 3.05) is 62.0 Å². The van der Waals surface area contributed by atoms with Crippen LogP contribution in [0.5, 0.6) is 0 Å². The third-order valence-corrected chi connectivity index (χ3v) is 8.82. The summed E-state index contributed by atoms with van der Waals surface area (Å²) in [4.78, 5) is 38.6. The van der Waals surface area contributed by atoms with E-state index >= 15 is 0 Å². The van der Waals surface area contributed by atoms with Crippen molar-refractivity contribution in [3.05, 3.63) is 83.0 Å². The molecular weight excluding hydrogens is 548 g/mol. The van der Waals surface area contributed by atoms with Crippen molar-refractivity contribution in [1.82, 2.24) is 14.8 Å². The van der Waals surface area contributed by atoms with Crippen LogP contribution in [-0.4, -0.2) is 73.2 Å².